The number of benzene rings is 1. The number of rotatable bonds is 8. The number of pyridine rings is 1. The van der Waals surface area contributed by atoms with Gasteiger partial charge in [0.05, 0.1) is 12.6 Å². The molecule has 1 heterocycles. The van der Waals surface area contributed by atoms with Crippen LogP contribution in [0.4, 0.5) is 0 Å². The first-order chi connectivity index (χ1) is 10.4. The third-order valence-corrected chi connectivity index (χ3v) is 3.22. The third kappa shape index (κ3) is 4.28. The van der Waals surface area contributed by atoms with E-state index in [1.54, 1.807) is 7.11 Å². The maximum atomic E-state index is 5.85. The van der Waals surface area contributed by atoms with E-state index in [2.05, 4.69) is 23.3 Å². The third-order valence-electron chi connectivity index (χ3n) is 3.22. The molecule has 4 nitrogen and oxygen atoms in total. The number of methoxy groups -OCH3 is 1. The van der Waals surface area contributed by atoms with E-state index < -0.39 is 0 Å². The lowest BCUT2D eigenvalue weighted by atomic mass is 9.98. The van der Waals surface area contributed by atoms with Gasteiger partial charge in [0, 0.05) is 25.1 Å². The van der Waals surface area contributed by atoms with Crippen LogP contribution in [-0.4, -0.2) is 31.9 Å². The van der Waals surface area contributed by atoms with Crippen molar-refractivity contribution in [3.05, 3.63) is 59.9 Å². The van der Waals surface area contributed by atoms with E-state index in [4.69, 9.17) is 9.47 Å². The van der Waals surface area contributed by atoms with Crippen LogP contribution >= 0.6 is 0 Å². The molecule has 0 aliphatic heterocycles. The van der Waals surface area contributed by atoms with Crippen LogP contribution in [0.1, 0.15) is 24.1 Å². The molecule has 0 spiro atoms. The Morgan fingerprint density at radius 3 is 2.57 bits per heavy atom. The summed E-state index contributed by atoms with van der Waals surface area (Å²) < 4.78 is 10.9. The van der Waals surface area contributed by atoms with Crippen molar-refractivity contribution >= 4 is 0 Å². The quantitative estimate of drug-likeness (QED) is 0.758. The summed E-state index contributed by atoms with van der Waals surface area (Å²) in [6, 6.07) is 12.3. The second-order valence-corrected chi connectivity index (χ2v) is 4.65. The number of hydrogen-bond donors (Lipinski definition) is 1. The summed E-state index contributed by atoms with van der Waals surface area (Å²) in [6.07, 6.45) is 3.63. The molecule has 4 heteroatoms. The number of ether oxygens (including phenoxy) is 2. The largest absolute Gasteiger partial charge is 0.491 e. The summed E-state index contributed by atoms with van der Waals surface area (Å²) in [7, 11) is 1.67. The van der Waals surface area contributed by atoms with Crippen molar-refractivity contribution < 1.29 is 9.47 Å². The zero-order chi connectivity index (χ0) is 14.9. The van der Waals surface area contributed by atoms with Crippen LogP contribution in [-0.2, 0) is 4.74 Å². The molecule has 21 heavy (non-hydrogen) atoms. The molecule has 0 bridgehead atoms. The van der Waals surface area contributed by atoms with E-state index in [0.717, 1.165) is 17.9 Å². The molecule has 1 aromatic heterocycles. The highest BCUT2D eigenvalue weighted by Crippen LogP contribution is 2.29. The van der Waals surface area contributed by atoms with Crippen LogP contribution in [0.5, 0.6) is 5.75 Å². The highest BCUT2D eigenvalue weighted by molar-refractivity contribution is 5.41. The predicted octanol–water partition coefficient (Wildman–Crippen LogP) is 2.81. The highest BCUT2D eigenvalue weighted by atomic mass is 16.5. The second-order valence-electron chi connectivity index (χ2n) is 4.65. The van der Waals surface area contributed by atoms with Gasteiger partial charge in [0.1, 0.15) is 12.4 Å². The Morgan fingerprint density at radius 2 is 1.86 bits per heavy atom. The van der Waals surface area contributed by atoms with E-state index in [-0.39, 0.29) is 6.04 Å². The van der Waals surface area contributed by atoms with E-state index in [0.29, 0.717) is 13.2 Å². The molecule has 112 valence electrons. The minimum atomic E-state index is 0.0942. The normalized spacial score (nSPS) is 12.1. The Bertz CT molecular complexity index is 531. The van der Waals surface area contributed by atoms with Gasteiger partial charge in [-0.1, -0.05) is 25.1 Å². The maximum absolute atomic E-state index is 5.85. The summed E-state index contributed by atoms with van der Waals surface area (Å²) in [4.78, 5) is 4.09. The molecule has 2 aromatic rings. The zero-order valence-electron chi connectivity index (χ0n) is 12.6. The van der Waals surface area contributed by atoms with Crippen LogP contribution in [0.15, 0.2) is 48.8 Å². The van der Waals surface area contributed by atoms with Crippen molar-refractivity contribution in [3.8, 4) is 5.75 Å². The van der Waals surface area contributed by atoms with Crippen LogP contribution in [0, 0.1) is 0 Å². The first-order valence-electron chi connectivity index (χ1n) is 7.20. The van der Waals surface area contributed by atoms with Gasteiger partial charge in [-0.25, -0.2) is 0 Å². The average Bonchev–Trinajstić information content (AvgIpc) is 2.54. The molecule has 2 rings (SSSR count). The first-order valence-corrected chi connectivity index (χ1v) is 7.20. The Labute approximate surface area is 126 Å². The fourth-order valence-corrected chi connectivity index (χ4v) is 2.25. The molecule has 1 atom stereocenters. The zero-order valence-corrected chi connectivity index (χ0v) is 12.6. The van der Waals surface area contributed by atoms with Gasteiger partial charge < -0.3 is 14.8 Å². The van der Waals surface area contributed by atoms with Gasteiger partial charge in [-0.3, -0.25) is 4.98 Å². The summed E-state index contributed by atoms with van der Waals surface area (Å²) in [5.74, 6) is 0.886. The summed E-state index contributed by atoms with van der Waals surface area (Å²) in [6.45, 7) is 4.10. The van der Waals surface area contributed by atoms with Crippen molar-refractivity contribution in [2.24, 2.45) is 0 Å². The van der Waals surface area contributed by atoms with Crippen LogP contribution in [0.25, 0.3) is 0 Å². The lowest BCUT2D eigenvalue weighted by molar-refractivity contribution is 0.145. The molecule has 0 saturated carbocycles. The van der Waals surface area contributed by atoms with Gasteiger partial charge in [0.15, 0.2) is 0 Å². The number of aromatic nitrogens is 1. The van der Waals surface area contributed by atoms with Gasteiger partial charge in [0.2, 0.25) is 0 Å². The van der Waals surface area contributed by atoms with Crippen molar-refractivity contribution in [1.82, 2.24) is 10.3 Å². The summed E-state index contributed by atoms with van der Waals surface area (Å²) in [5, 5.41) is 3.51. The topological polar surface area (TPSA) is 43.4 Å². The Hall–Kier alpha value is -1.91. The van der Waals surface area contributed by atoms with Gasteiger partial charge in [-0.2, -0.15) is 0 Å². The van der Waals surface area contributed by atoms with E-state index >= 15 is 0 Å². The van der Waals surface area contributed by atoms with Crippen LogP contribution in [0.2, 0.25) is 0 Å². The Morgan fingerprint density at radius 1 is 1.10 bits per heavy atom. The first kappa shape index (κ1) is 15.5. The molecule has 0 radical (unpaired) electrons. The van der Waals surface area contributed by atoms with Crippen molar-refractivity contribution in [2.45, 2.75) is 13.0 Å². The van der Waals surface area contributed by atoms with Gasteiger partial charge in [0.25, 0.3) is 0 Å². The highest BCUT2D eigenvalue weighted by Gasteiger charge is 2.17. The van der Waals surface area contributed by atoms with E-state index in [1.165, 1.54) is 5.56 Å². The van der Waals surface area contributed by atoms with E-state index in [1.807, 2.05) is 42.7 Å². The fourth-order valence-electron chi connectivity index (χ4n) is 2.25. The van der Waals surface area contributed by atoms with Crippen molar-refractivity contribution in [1.29, 1.82) is 0 Å². The molecule has 0 aliphatic carbocycles. The van der Waals surface area contributed by atoms with Gasteiger partial charge in [-0.15, -0.1) is 0 Å². The minimum absolute atomic E-state index is 0.0942. The van der Waals surface area contributed by atoms with E-state index in [9.17, 15) is 0 Å². The molecule has 0 amide bonds. The number of nitrogens with zero attached hydrogens (tertiary/aromatic N) is 1. The number of hydrogen-bond acceptors (Lipinski definition) is 4. The van der Waals surface area contributed by atoms with Crippen LogP contribution in [0.3, 0.4) is 0 Å². The standard InChI is InChI=1S/C17H22N2O2/c1-3-19-17(14-8-10-18-11-9-14)15-6-4-5-7-16(15)21-13-12-20-2/h4-11,17,19H,3,12-13H2,1-2H3. The summed E-state index contributed by atoms with van der Waals surface area (Å²) in [5.41, 5.74) is 2.30. The SMILES string of the molecule is CCNC(c1ccncc1)c1ccccc1OCCOC. The Kier molecular flexibility index (Phi) is 6.19. The average molecular weight is 286 g/mol. The monoisotopic (exact) mass is 286 g/mol. The molecule has 1 unspecified atom stereocenters. The molecular formula is C17H22N2O2. The fraction of sp³-hybridized carbons (Fsp3) is 0.353. The maximum Gasteiger partial charge on any atom is 0.124 e. The smallest absolute Gasteiger partial charge is 0.124 e. The van der Waals surface area contributed by atoms with Crippen molar-refractivity contribution in [3.63, 3.8) is 0 Å². The molecule has 1 aromatic carbocycles. The van der Waals surface area contributed by atoms with Crippen molar-refractivity contribution in [2.75, 3.05) is 26.9 Å². The molecule has 0 fully saturated rings. The number of para-hydroxylation sites is 1. The molecule has 1 N–H and O–H groups in total. The molecule has 0 saturated heterocycles. The molecule has 0 aliphatic rings. The molecular weight excluding hydrogens is 264 g/mol. The van der Waals surface area contributed by atoms with Crippen LogP contribution < -0.4 is 10.1 Å². The minimum Gasteiger partial charge on any atom is -0.491 e. The summed E-state index contributed by atoms with van der Waals surface area (Å²) >= 11 is 0. The lowest BCUT2D eigenvalue weighted by Gasteiger charge is -2.21. The van der Waals surface area contributed by atoms with Gasteiger partial charge in [-0.05, 0) is 30.3 Å². The van der Waals surface area contributed by atoms with Gasteiger partial charge >= 0.3 is 0 Å². The lowest BCUT2D eigenvalue weighted by Crippen LogP contribution is -2.23. The Balaban J connectivity index is 2.27. The second kappa shape index (κ2) is 8.39. The predicted molar refractivity (Wildman–Crippen MR) is 83.6 cm³/mol. The number of nitrogens with one attached hydrogen (secondary N) is 1.